The predicted octanol–water partition coefficient (Wildman–Crippen LogP) is 5.12. The molecule has 1 aliphatic heterocycles. The molecule has 6 heteroatoms. The Morgan fingerprint density at radius 1 is 0.963 bits per heavy atom. The van der Waals surface area contributed by atoms with Gasteiger partial charge in [-0.05, 0) is 56.0 Å². The smallest absolute Gasteiger partial charge is 0.302 e. The summed E-state index contributed by atoms with van der Waals surface area (Å²) in [6.45, 7) is 1.86. The van der Waals surface area contributed by atoms with Crippen LogP contribution in [0.5, 0.6) is 0 Å². The standard InChI is InChI=1S/C21H22F3N3/c22-21(23,24)20-18(27-13-5-4-10-19(27)25-20)15-26-12-6-9-17(11-14-26)16-7-2-1-3-8-16/h1-5,7-8,10,13,17H,6,9,11-12,14-15H2. The third kappa shape index (κ3) is 3.86. The summed E-state index contributed by atoms with van der Waals surface area (Å²) in [5.41, 5.74) is 1.13. The fourth-order valence-electron chi connectivity index (χ4n) is 4.01. The summed E-state index contributed by atoms with van der Waals surface area (Å²) < 4.78 is 42.1. The molecule has 3 heterocycles. The van der Waals surface area contributed by atoms with E-state index in [1.807, 2.05) is 18.2 Å². The summed E-state index contributed by atoms with van der Waals surface area (Å²) >= 11 is 0. The number of aromatic nitrogens is 2. The highest BCUT2D eigenvalue weighted by Crippen LogP contribution is 2.34. The number of alkyl halides is 3. The normalized spacial score (nSPS) is 19.3. The molecule has 0 aliphatic carbocycles. The number of halogens is 3. The molecule has 3 aromatic rings. The zero-order valence-electron chi connectivity index (χ0n) is 15.0. The van der Waals surface area contributed by atoms with Gasteiger partial charge in [-0.25, -0.2) is 4.98 Å². The molecule has 0 amide bonds. The zero-order valence-corrected chi connectivity index (χ0v) is 15.0. The molecule has 1 aromatic carbocycles. The second kappa shape index (κ2) is 7.35. The Morgan fingerprint density at radius 3 is 2.52 bits per heavy atom. The molecule has 27 heavy (non-hydrogen) atoms. The van der Waals surface area contributed by atoms with Crippen LogP contribution in [0.25, 0.3) is 5.65 Å². The highest BCUT2D eigenvalue weighted by Gasteiger charge is 2.38. The zero-order chi connectivity index (χ0) is 18.9. The molecule has 1 aliphatic rings. The topological polar surface area (TPSA) is 20.5 Å². The second-order valence-corrected chi connectivity index (χ2v) is 7.15. The van der Waals surface area contributed by atoms with E-state index < -0.39 is 11.9 Å². The van der Waals surface area contributed by atoms with E-state index in [2.05, 4.69) is 22.0 Å². The minimum absolute atomic E-state index is 0.233. The van der Waals surface area contributed by atoms with Gasteiger partial charge >= 0.3 is 6.18 Å². The summed E-state index contributed by atoms with van der Waals surface area (Å²) in [7, 11) is 0. The van der Waals surface area contributed by atoms with Gasteiger partial charge in [-0.1, -0.05) is 36.4 Å². The van der Waals surface area contributed by atoms with Gasteiger partial charge in [-0.2, -0.15) is 13.2 Å². The predicted molar refractivity (Wildman–Crippen MR) is 98.5 cm³/mol. The molecule has 0 bridgehead atoms. The first-order chi connectivity index (χ1) is 13.0. The van der Waals surface area contributed by atoms with Gasteiger partial charge in [0.25, 0.3) is 0 Å². The number of nitrogens with zero attached hydrogens (tertiary/aromatic N) is 3. The quantitative estimate of drug-likeness (QED) is 0.635. The van der Waals surface area contributed by atoms with Crippen molar-refractivity contribution in [2.45, 2.75) is 37.9 Å². The lowest BCUT2D eigenvalue weighted by molar-refractivity contribution is -0.141. The summed E-state index contributed by atoms with van der Waals surface area (Å²) in [6, 6.07) is 15.5. The van der Waals surface area contributed by atoms with Crippen molar-refractivity contribution in [3.05, 3.63) is 71.7 Å². The molecule has 1 atom stereocenters. The van der Waals surface area contributed by atoms with Crippen LogP contribution in [-0.4, -0.2) is 27.4 Å². The minimum atomic E-state index is -4.44. The van der Waals surface area contributed by atoms with Crippen molar-refractivity contribution in [1.82, 2.24) is 14.3 Å². The lowest BCUT2D eigenvalue weighted by Crippen LogP contribution is -2.26. The summed E-state index contributed by atoms with van der Waals surface area (Å²) in [4.78, 5) is 5.98. The van der Waals surface area contributed by atoms with Crippen molar-refractivity contribution in [3.63, 3.8) is 0 Å². The number of hydrogen-bond acceptors (Lipinski definition) is 2. The van der Waals surface area contributed by atoms with Gasteiger partial charge in [0, 0.05) is 12.7 Å². The molecule has 142 valence electrons. The molecular weight excluding hydrogens is 351 g/mol. The summed E-state index contributed by atoms with van der Waals surface area (Å²) in [6.07, 6.45) is 0.233. The Labute approximate surface area is 156 Å². The van der Waals surface area contributed by atoms with Crippen molar-refractivity contribution >= 4 is 5.65 Å². The van der Waals surface area contributed by atoms with E-state index in [1.54, 1.807) is 28.8 Å². The third-order valence-electron chi connectivity index (χ3n) is 5.36. The number of pyridine rings is 1. The monoisotopic (exact) mass is 373 g/mol. The van der Waals surface area contributed by atoms with E-state index in [0.29, 0.717) is 11.6 Å². The highest BCUT2D eigenvalue weighted by molar-refractivity contribution is 5.44. The number of fused-ring (bicyclic) bond motifs is 1. The SMILES string of the molecule is FC(F)(F)c1nc2ccccn2c1CN1CCCC(c2ccccc2)CC1. The number of benzene rings is 1. The lowest BCUT2D eigenvalue weighted by atomic mass is 9.92. The molecule has 1 fully saturated rings. The van der Waals surface area contributed by atoms with Crippen LogP contribution < -0.4 is 0 Å². The van der Waals surface area contributed by atoms with Crippen LogP contribution in [0, 0.1) is 0 Å². The Bertz CT molecular complexity index is 902. The first-order valence-electron chi connectivity index (χ1n) is 9.33. The summed E-state index contributed by atoms with van der Waals surface area (Å²) in [5.74, 6) is 0.473. The van der Waals surface area contributed by atoms with E-state index in [4.69, 9.17) is 0 Å². The Hall–Kier alpha value is -2.34. The van der Waals surface area contributed by atoms with Crippen LogP contribution in [-0.2, 0) is 12.7 Å². The van der Waals surface area contributed by atoms with E-state index in [9.17, 15) is 13.2 Å². The number of likely N-dealkylation sites (tertiary alicyclic amines) is 1. The van der Waals surface area contributed by atoms with Crippen LogP contribution in [0.15, 0.2) is 54.7 Å². The van der Waals surface area contributed by atoms with Crippen LogP contribution in [0.2, 0.25) is 0 Å². The molecule has 4 rings (SSSR count). The molecular formula is C21H22F3N3. The number of imidazole rings is 1. The van der Waals surface area contributed by atoms with Crippen molar-refractivity contribution in [2.24, 2.45) is 0 Å². The molecule has 1 saturated heterocycles. The van der Waals surface area contributed by atoms with Crippen LogP contribution >= 0.6 is 0 Å². The molecule has 0 saturated carbocycles. The van der Waals surface area contributed by atoms with Crippen LogP contribution in [0.4, 0.5) is 13.2 Å². The van der Waals surface area contributed by atoms with E-state index in [0.717, 1.165) is 32.4 Å². The van der Waals surface area contributed by atoms with E-state index in [-0.39, 0.29) is 12.2 Å². The van der Waals surface area contributed by atoms with E-state index >= 15 is 0 Å². The minimum Gasteiger partial charge on any atom is -0.302 e. The Balaban J connectivity index is 1.56. The second-order valence-electron chi connectivity index (χ2n) is 7.15. The van der Waals surface area contributed by atoms with Crippen molar-refractivity contribution in [1.29, 1.82) is 0 Å². The van der Waals surface area contributed by atoms with Gasteiger partial charge in [-0.15, -0.1) is 0 Å². The average Bonchev–Trinajstić information content (AvgIpc) is 2.87. The van der Waals surface area contributed by atoms with Gasteiger partial charge in [0.05, 0.1) is 5.69 Å². The molecule has 1 unspecified atom stereocenters. The largest absolute Gasteiger partial charge is 0.435 e. The van der Waals surface area contributed by atoms with Gasteiger partial charge in [-0.3, -0.25) is 4.90 Å². The molecule has 0 radical (unpaired) electrons. The van der Waals surface area contributed by atoms with E-state index in [1.165, 1.54) is 5.56 Å². The maximum absolute atomic E-state index is 13.5. The number of hydrogen-bond donors (Lipinski definition) is 0. The average molecular weight is 373 g/mol. The molecule has 2 aromatic heterocycles. The molecule has 0 spiro atoms. The van der Waals surface area contributed by atoms with Crippen molar-refractivity contribution in [2.75, 3.05) is 13.1 Å². The van der Waals surface area contributed by atoms with Gasteiger partial charge in [0.1, 0.15) is 5.65 Å². The molecule has 3 nitrogen and oxygen atoms in total. The van der Waals surface area contributed by atoms with Crippen LogP contribution in [0.1, 0.15) is 42.1 Å². The number of rotatable bonds is 3. The van der Waals surface area contributed by atoms with Crippen LogP contribution in [0.3, 0.4) is 0 Å². The van der Waals surface area contributed by atoms with Crippen molar-refractivity contribution in [3.8, 4) is 0 Å². The Morgan fingerprint density at radius 2 is 1.74 bits per heavy atom. The maximum atomic E-state index is 13.5. The highest BCUT2D eigenvalue weighted by atomic mass is 19.4. The summed E-state index contributed by atoms with van der Waals surface area (Å²) in [5, 5.41) is 0. The lowest BCUT2D eigenvalue weighted by Gasteiger charge is -2.21. The third-order valence-corrected chi connectivity index (χ3v) is 5.36. The fraction of sp³-hybridized carbons (Fsp3) is 0.381. The van der Waals surface area contributed by atoms with Gasteiger partial charge in [0.2, 0.25) is 0 Å². The first-order valence-corrected chi connectivity index (χ1v) is 9.33. The molecule has 0 N–H and O–H groups in total. The fourth-order valence-corrected chi connectivity index (χ4v) is 4.01. The van der Waals surface area contributed by atoms with Gasteiger partial charge in [0.15, 0.2) is 5.69 Å². The first kappa shape index (κ1) is 18.0. The van der Waals surface area contributed by atoms with Crippen molar-refractivity contribution < 1.29 is 13.2 Å². The van der Waals surface area contributed by atoms with Gasteiger partial charge < -0.3 is 4.40 Å². The maximum Gasteiger partial charge on any atom is 0.435 e. The Kier molecular flexibility index (Phi) is 4.91.